The molecule has 0 unspecified atom stereocenters. The van der Waals surface area contributed by atoms with E-state index in [0.29, 0.717) is 16.9 Å². The molecule has 0 saturated carbocycles. The maximum atomic E-state index is 12.7. The number of carbonyl (C=O) groups excluding carboxylic acids is 1. The maximum Gasteiger partial charge on any atom is 0.322 e. The third-order valence-corrected chi connectivity index (χ3v) is 5.08. The Morgan fingerprint density at radius 1 is 0.848 bits per heavy atom. The summed E-state index contributed by atoms with van der Waals surface area (Å²) in [6.45, 7) is 0. The first-order chi connectivity index (χ1) is 16.2. The van der Waals surface area contributed by atoms with Gasteiger partial charge in [0.1, 0.15) is 0 Å². The topological polar surface area (TPSA) is 105 Å². The second-order valence-corrected chi connectivity index (χ2v) is 7.16. The van der Waals surface area contributed by atoms with E-state index in [-0.39, 0.29) is 17.8 Å². The van der Waals surface area contributed by atoms with E-state index < -0.39 is 0 Å². The van der Waals surface area contributed by atoms with Crippen LogP contribution in [0.1, 0.15) is 15.9 Å². The monoisotopic (exact) mass is 432 g/mol. The first kappa shape index (κ1) is 20.0. The number of hydrogen-bond acceptors (Lipinski definition) is 6. The second kappa shape index (κ2) is 8.65. The smallest absolute Gasteiger partial charge is 0.322 e. The fourth-order valence-corrected chi connectivity index (χ4v) is 3.46. The molecule has 5 aromatic rings. The molecule has 33 heavy (non-hydrogen) atoms. The Labute approximate surface area is 188 Å². The van der Waals surface area contributed by atoms with E-state index in [1.165, 1.54) is 6.26 Å². The van der Waals surface area contributed by atoms with Crippen LogP contribution in [-0.4, -0.2) is 16.1 Å². The van der Waals surface area contributed by atoms with Crippen molar-refractivity contribution in [2.45, 2.75) is 0 Å². The molecule has 1 amide bonds. The van der Waals surface area contributed by atoms with Crippen LogP contribution in [0.4, 0.5) is 6.01 Å². The molecule has 0 aliphatic heterocycles. The van der Waals surface area contributed by atoms with Crippen molar-refractivity contribution in [3.8, 4) is 40.0 Å². The van der Waals surface area contributed by atoms with E-state index in [0.717, 1.165) is 22.3 Å². The van der Waals surface area contributed by atoms with Gasteiger partial charge in [0.15, 0.2) is 5.76 Å². The molecule has 0 atom stereocenters. The zero-order valence-electron chi connectivity index (χ0n) is 17.2. The number of nitrogens with zero attached hydrogens (tertiary/aromatic N) is 3. The van der Waals surface area contributed by atoms with Crippen molar-refractivity contribution < 1.29 is 13.6 Å². The molecule has 3 aromatic carbocycles. The van der Waals surface area contributed by atoms with Crippen LogP contribution in [0.15, 0.2) is 100 Å². The minimum Gasteiger partial charge on any atom is -0.459 e. The lowest BCUT2D eigenvalue weighted by Crippen LogP contribution is -2.12. The van der Waals surface area contributed by atoms with E-state index in [2.05, 4.69) is 21.6 Å². The van der Waals surface area contributed by atoms with Gasteiger partial charge < -0.3 is 8.83 Å². The van der Waals surface area contributed by atoms with E-state index in [1.54, 1.807) is 30.3 Å². The van der Waals surface area contributed by atoms with Gasteiger partial charge >= 0.3 is 6.01 Å². The van der Waals surface area contributed by atoms with Crippen LogP contribution < -0.4 is 5.32 Å². The number of nitriles is 1. The largest absolute Gasteiger partial charge is 0.459 e. The molecule has 0 radical (unpaired) electrons. The molecule has 0 spiro atoms. The Morgan fingerprint density at radius 3 is 2.45 bits per heavy atom. The molecule has 2 heterocycles. The third kappa shape index (κ3) is 4.13. The van der Waals surface area contributed by atoms with Gasteiger partial charge in [-0.2, -0.15) is 5.26 Å². The first-order valence-electron chi connectivity index (χ1n) is 10.1. The quantitative estimate of drug-likeness (QED) is 0.377. The summed E-state index contributed by atoms with van der Waals surface area (Å²) in [5.74, 6) is 0.235. The number of furan rings is 1. The average molecular weight is 432 g/mol. The standard InChI is InChI=1S/C26H16N4O3/c27-16-21-5-1-2-8-22(21)18-12-10-17(11-13-18)19-6-3-7-20(15-19)24(31)28-26-30-29-25(33-26)23-9-4-14-32-23/h1-15H,(H,28,30,31). The van der Waals surface area contributed by atoms with Crippen molar-refractivity contribution >= 4 is 11.9 Å². The molecule has 0 aliphatic rings. The third-order valence-electron chi connectivity index (χ3n) is 5.08. The van der Waals surface area contributed by atoms with Gasteiger partial charge in [0.2, 0.25) is 0 Å². The van der Waals surface area contributed by atoms with Gasteiger partial charge in [-0.15, -0.1) is 5.10 Å². The van der Waals surface area contributed by atoms with Crippen molar-refractivity contribution in [1.82, 2.24) is 10.2 Å². The van der Waals surface area contributed by atoms with Crippen molar-refractivity contribution in [2.24, 2.45) is 0 Å². The number of carbonyl (C=O) groups is 1. The molecule has 0 aliphatic carbocycles. The van der Waals surface area contributed by atoms with E-state index >= 15 is 0 Å². The van der Waals surface area contributed by atoms with Gasteiger partial charge in [-0.3, -0.25) is 10.1 Å². The molecular formula is C26H16N4O3. The number of anilines is 1. The second-order valence-electron chi connectivity index (χ2n) is 7.16. The zero-order chi connectivity index (χ0) is 22.6. The summed E-state index contributed by atoms with van der Waals surface area (Å²) in [5, 5.41) is 19.7. The minimum atomic E-state index is -0.369. The SMILES string of the molecule is N#Cc1ccccc1-c1ccc(-c2cccc(C(=O)Nc3nnc(-c4ccco4)o3)c2)cc1. The lowest BCUT2D eigenvalue weighted by atomic mass is 9.97. The van der Waals surface area contributed by atoms with Crippen LogP contribution in [-0.2, 0) is 0 Å². The van der Waals surface area contributed by atoms with Gasteiger partial charge in [-0.1, -0.05) is 59.7 Å². The summed E-state index contributed by atoms with van der Waals surface area (Å²) in [4.78, 5) is 12.7. The number of hydrogen-bond donors (Lipinski definition) is 1. The van der Waals surface area contributed by atoms with Gasteiger partial charge in [-0.25, -0.2) is 0 Å². The van der Waals surface area contributed by atoms with Crippen LogP contribution in [0, 0.1) is 11.3 Å². The lowest BCUT2D eigenvalue weighted by molar-refractivity contribution is 0.102. The van der Waals surface area contributed by atoms with E-state index in [4.69, 9.17) is 8.83 Å². The number of aromatic nitrogens is 2. The van der Waals surface area contributed by atoms with Gasteiger partial charge in [0.25, 0.3) is 11.8 Å². The highest BCUT2D eigenvalue weighted by Gasteiger charge is 2.15. The highest BCUT2D eigenvalue weighted by molar-refractivity contribution is 6.03. The van der Waals surface area contributed by atoms with Crippen LogP contribution in [0.25, 0.3) is 33.9 Å². The molecule has 5 rings (SSSR count). The van der Waals surface area contributed by atoms with E-state index in [9.17, 15) is 10.1 Å². The Bertz CT molecular complexity index is 1460. The summed E-state index contributed by atoms with van der Waals surface area (Å²) in [6, 6.07) is 28.2. The average Bonchev–Trinajstić information content (AvgIpc) is 3.56. The van der Waals surface area contributed by atoms with Crippen LogP contribution in [0.3, 0.4) is 0 Å². The molecule has 7 nitrogen and oxygen atoms in total. The Morgan fingerprint density at radius 2 is 1.67 bits per heavy atom. The Hall–Kier alpha value is -4.96. The number of amides is 1. The summed E-state index contributed by atoms with van der Waals surface area (Å²) in [5.41, 5.74) is 4.73. The predicted octanol–water partition coefficient (Wildman–Crippen LogP) is 5.79. The summed E-state index contributed by atoms with van der Waals surface area (Å²) >= 11 is 0. The highest BCUT2D eigenvalue weighted by Crippen LogP contribution is 2.28. The molecule has 0 saturated heterocycles. The first-order valence-corrected chi connectivity index (χ1v) is 10.1. The number of benzene rings is 3. The molecule has 0 fully saturated rings. The van der Waals surface area contributed by atoms with Crippen LogP contribution in [0.5, 0.6) is 0 Å². The van der Waals surface area contributed by atoms with Crippen LogP contribution in [0.2, 0.25) is 0 Å². The molecule has 1 N–H and O–H groups in total. The summed E-state index contributed by atoms with van der Waals surface area (Å²) in [7, 11) is 0. The Kier molecular flexibility index (Phi) is 5.23. The number of rotatable bonds is 5. The van der Waals surface area contributed by atoms with Crippen molar-refractivity contribution in [3.63, 3.8) is 0 Å². The van der Waals surface area contributed by atoms with Crippen molar-refractivity contribution in [3.05, 3.63) is 102 Å². The number of nitrogens with one attached hydrogen (secondary N) is 1. The van der Waals surface area contributed by atoms with Crippen molar-refractivity contribution in [1.29, 1.82) is 5.26 Å². The fraction of sp³-hybridized carbons (Fsp3) is 0. The lowest BCUT2D eigenvalue weighted by Gasteiger charge is -2.08. The van der Waals surface area contributed by atoms with Crippen LogP contribution >= 0.6 is 0 Å². The van der Waals surface area contributed by atoms with E-state index in [1.807, 2.05) is 54.6 Å². The minimum absolute atomic E-state index is 0.0164. The molecule has 0 bridgehead atoms. The molecule has 158 valence electrons. The fourth-order valence-electron chi connectivity index (χ4n) is 3.46. The zero-order valence-corrected chi connectivity index (χ0v) is 17.2. The summed E-state index contributed by atoms with van der Waals surface area (Å²) in [6.07, 6.45) is 1.50. The molecular weight excluding hydrogens is 416 g/mol. The van der Waals surface area contributed by atoms with Crippen molar-refractivity contribution in [2.75, 3.05) is 5.32 Å². The highest BCUT2D eigenvalue weighted by atomic mass is 16.4. The molecule has 2 aromatic heterocycles. The normalized spacial score (nSPS) is 10.5. The summed E-state index contributed by atoms with van der Waals surface area (Å²) < 4.78 is 10.7. The van der Waals surface area contributed by atoms with Gasteiger partial charge in [0.05, 0.1) is 17.9 Å². The Balaban J connectivity index is 1.35. The van der Waals surface area contributed by atoms with Gasteiger partial charge in [-0.05, 0) is 52.6 Å². The predicted molar refractivity (Wildman–Crippen MR) is 122 cm³/mol. The van der Waals surface area contributed by atoms with Gasteiger partial charge in [0, 0.05) is 5.56 Å². The maximum absolute atomic E-state index is 12.7. The molecule has 7 heteroatoms.